The molecule has 1 fully saturated rings. The number of rotatable bonds is 2. The number of benzene rings is 1. The van der Waals surface area contributed by atoms with Gasteiger partial charge in [0, 0.05) is 31.7 Å². The molecule has 6 nitrogen and oxygen atoms in total. The lowest BCUT2D eigenvalue weighted by atomic mass is 10.1. The van der Waals surface area contributed by atoms with E-state index < -0.39 is 10.0 Å². The zero-order chi connectivity index (χ0) is 14.9. The number of aryl methyl sites for hydroxylation is 1. The summed E-state index contributed by atoms with van der Waals surface area (Å²) in [5.41, 5.74) is 7.51. The van der Waals surface area contributed by atoms with Crippen LogP contribution < -0.4 is 11.1 Å². The van der Waals surface area contributed by atoms with Crippen molar-refractivity contribution < 1.29 is 13.2 Å². The monoisotopic (exact) mass is 297 g/mol. The molecule has 0 bridgehead atoms. The summed E-state index contributed by atoms with van der Waals surface area (Å²) >= 11 is 0. The van der Waals surface area contributed by atoms with Gasteiger partial charge in [0.2, 0.25) is 15.9 Å². The van der Waals surface area contributed by atoms with Gasteiger partial charge in [0.1, 0.15) is 0 Å². The molecule has 1 aromatic rings. The second kappa shape index (κ2) is 5.41. The van der Waals surface area contributed by atoms with Gasteiger partial charge in [-0.15, -0.1) is 0 Å². The molecule has 0 aromatic heterocycles. The van der Waals surface area contributed by atoms with Gasteiger partial charge < -0.3 is 11.1 Å². The van der Waals surface area contributed by atoms with E-state index >= 15 is 0 Å². The van der Waals surface area contributed by atoms with Crippen molar-refractivity contribution in [2.24, 2.45) is 0 Å². The molecule has 0 aliphatic carbocycles. The minimum atomic E-state index is -3.63. The van der Waals surface area contributed by atoms with E-state index in [0.717, 1.165) is 0 Å². The zero-order valence-corrected chi connectivity index (χ0v) is 12.5. The van der Waals surface area contributed by atoms with Gasteiger partial charge in [-0.3, -0.25) is 4.79 Å². The van der Waals surface area contributed by atoms with Gasteiger partial charge in [-0.1, -0.05) is 6.07 Å². The fourth-order valence-corrected chi connectivity index (χ4v) is 4.26. The average Bonchev–Trinajstić information content (AvgIpc) is 2.59. The SMILES string of the molecule is Cc1ccc(N)c(C)c1S(=O)(=O)N1CCNC(=O)CC1. The fraction of sp³-hybridized carbons (Fsp3) is 0.462. The van der Waals surface area contributed by atoms with Crippen LogP contribution in [-0.4, -0.2) is 38.3 Å². The maximum atomic E-state index is 12.8. The number of carbonyl (C=O) groups excluding carboxylic acids is 1. The Hall–Kier alpha value is -1.60. The van der Waals surface area contributed by atoms with Gasteiger partial charge in [-0.2, -0.15) is 4.31 Å². The third-order valence-electron chi connectivity index (χ3n) is 3.51. The lowest BCUT2D eigenvalue weighted by Crippen LogP contribution is -2.35. The molecule has 1 saturated heterocycles. The van der Waals surface area contributed by atoms with Crippen molar-refractivity contribution in [1.82, 2.24) is 9.62 Å². The highest BCUT2D eigenvalue weighted by molar-refractivity contribution is 7.89. The number of carbonyl (C=O) groups is 1. The molecule has 0 radical (unpaired) electrons. The molecule has 2 rings (SSSR count). The number of sulfonamides is 1. The van der Waals surface area contributed by atoms with E-state index in [0.29, 0.717) is 23.4 Å². The molecule has 1 aliphatic heterocycles. The van der Waals surface area contributed by atoms with Crippen molar-refractivity contribution in [3.63, 3.8) is 0 Å². The van der Waals surface area contributed by atoms with Crippen molar-refractivity contribution in [2.45, 2.75) is 25.2 Å². The van der Waals surface area contributed by atoms with Crippen molar-refractivity contribution in [3.8, 4) is 0 Å². The molecular formula is C13H19N3O3S. The highest BCUT2D eigenvalue weighted by atomic mass is 32.2. The highest BCUT2D eigenvalue weighted by Crippen LogP contribution is 2.27. The second-order valence-corrected chi connectivity index (χ2v) is 6.80. The van der Waals surface area contributed by atoms with Crippen LogP contribution in [0.2, 0.25) is 0 Å². The summed E-state index contributed by atoms with van der Waals surface area (Å²) in [7, 11) is -3.63. The molecule has 0 spiro atoms. The topological polar surface area (TPSA) is 92.5 Å². The number of anilines is 1. The molecule has 1 aliphatic rings. The summed E-state index contributed by atoms with van der Waals surface area (Å²) in [5, 5.41) is 2.67. The molecule has 3 N–H and O–H groups in total. The largest absolute Gasteiger partial charge is 0.398 e. The lowest BCUT2D eigenvalue weighted by Gasteiger charge is -2.22. The van der Waals surface area contributed by atoms with Crippen molar-refractivity contribution in [2.75, 3.05) is 25.4 Å². The van der Waals surface area contributed by atoms with Gasteiger partial charge >= 0.3 is 0 Å². The molecule has 1 heterocycles. The maximum Gasteiger partial charge on any atom is 0.243 e. The molecule has 0 saturated carbocycles. The van der Waals surface area contributed by atoms with Crippen LogP contribution in [-0.2, 0) is 14.8 Å². The summed E-state index contributed by atoms with van der Waals surface area (Å²) in [5.74, 6) is -0.122. The first-order valence-corrected chi connectivity index (χ1v) is 7.90. The van der Waals surface area contributed by atoms with Crippen molar-refractivity contribution in [3.05, 3.63) is 23.3 Å². The van der Waals surface area contributed by atoms with E-state index in [-0.39, 0.29) is 30.3 Å². The van der Waals surface area contributed by atoms with Crippen LogP contribution in [0.4, 0.5) is 5.69 Å². The maximum absolute atomic E-state index is 12.8. The zero-order valence-electron chi connectivity index (χ0n) is 11.6. The first kappa shape index (κ1) is 14.8. The first-order chi connectivity index (χ1) is 9.34. The van der Waals surface area contributed by atoms with Gasteiger partial charge in [-0.25, -0.2) is 8.42 Å². The van der Waals surface area contributed by atoms with Crippen LogP contribution in [0.1, 0.15) is 17.5 Å². The predicted octanol–water partition coefficient (Wildman–Crippen LogP) is 0.396. The standard InChI is InChI=1S/C13H19N3O3S/c1-9-3-4-11(14)10(2)13(9)20(18,19)16-7-5-12(17)15-6-8-16/h3-4H,5-8,14H2,1-2H3,(H,15,17). The van der Waals surface area contributed by atoms with E-state index in [9.17, 15) is 13.2 Å². The molecule has 0 atom stereocenters. The third kappa shape index (κ3) is 2.64. The molecule has 0 unspecified atom stereocenters. The van der Waals surface area contributed by atoms with Gasteiger partial charge in [0.05, 0.1) is 4.90 Å². The molecular weight excluding hydrogens is 278 g/mol. The Morgan fingerprint density at radius 2 is 1.95 bits per heavy atom. The van der Waals surface area contributed by atoms with Crippen LogP contribution in [0.25, 0.3) is 0 Å². The Labute approximate surface area is 119 Å². The number of nitrogens with one attached hydrogen (secondary N) is 1. The van der Waals surface area contributed by atoms with Crippen LogP contribution >= 0.6 is 0 Å². The van der Waals surface area contributed by atoms with Gasteiger partial charge in [-0.05, 0) is 31.0 Å². The summed E-state index contributed by atoms with van der Waals surface area (Å²) in [4.78, 5) is 11.6. The smallest absolute Gasteiger partial charge is 0.243 e. The fourth-order valence-electron chi connectivity index (χ4n) is 2.36. The average molecular weight is 297 g/mol. The van der Waals surface area contributed by atoms with E-state index in [1.165, 1.54) is 4.31 Å². The number of nitrogens with zero attached hydrogens (tertiary/aromatic N) is 1. The molecule has 1 aromatic carbocycles. The Morgan fingerprint density at radius 3 is 2.65 bits per heavy atom. The Bertz CT molecular complexity index is 641. The minimum absolute atomic E-state index is 0.122. The van der Waals surface area contributed by atoms with Crippen LogP contribution in [0.3, 0.4) is 0 Å². The number of hydrogen-bond donors (Lipinski definition) is 2. The number of amides is 1. The third-order valence-corrected chi connectivity index (χ3v) is 5.70. The minimum Gasteiger partial charge on any atom is -0.398 e. The number of nitrogens with two attached hydrogens (primary N) is 1. The normalized spacial score (nSPS) is 17.6. The quantitative estimate of drug-likeness (QED) is 0.773. The van der Waals surface area contributed by atoms with Crippen molar-refractivity contribution in [1.29, 1.82) is 0 Å². The first-order valence-electron chi connectivity index (χ1n) is 6.46. The summed E-state index contributed by atoms with van der Waals surface area (Å²) in [6.45, 7) is 4.26. The Kier molecular flexibility index (Phi) is 4.01. The summed E-state index contributed by atoms with van der Waals surface area (Å²) < 4.78 is 26.9. The van der Waals surface area contributed by atoms with Crippen LogP contribution in [0.15, 0.2) is 17.0 Å². The van der Waals surface area contributed by atoms with Gasteiger partial charge in [0.15, 0.2) is 0 Å². The Morgan fingerprint density at radius 1 is 1.25 bits per heavy atom. The summed E-state index contributed by atoms with van der Waals surface area (Å²) in [6, 6.07) is 3.41. The Balaban J connectivity index is 2.45. The summed E-state index contributed by atoms with van der Waals surface area (Å²) in [6.07, 6.45) is 0.180. The number of nitrogen functional groups attached to an aromatic ring is 1. The lowest BCUT2D eigenvalue weighted by molar-refractivity contribution is -0.120. The second-order valence-electron chi connectivity index (χ2n) is 4.93. The molecule has 110 valence electrons. The van der Waals surface area contributed by atoms with Gasteiger partial charge in [0.25, 0.3) is 0 Å². The number of hydrogen-bond acceptors (Lipinski definition) is 4. The van der Waals surface area contributed by atoms with E-state index in [4.69, 9.17) is 5.73 Å². The van der Waals surface area contributed by atoms with Crippen molar-refractivity contribution >= 4 is 21.6 Å². The van der Waals surface area contributed by atoms with E-state index in [1.54, 1.807) is 26.0 Å². The van der Waals surface area contributed by atoms with E-state index in [2.05, 4.69) is 5.32 Å². The van der Waals surface area contributed by atoms with Crippen LogP contribution in [0, 0.1) is 13.8 Å². The molecule has 1 amide bonds. The molecule has 20 heavy (non-hydrogen) atoms. The predicted molar refractivity (Wildman–Crippen MR) is 76.7 cm³/mol. The van der Waals surface area contributed by atoms with E-state index in [1.807, 2.05) is 0 Å². The highest BCUT2D eigenvalue weighted by Gasteiger charge is 2.29. The molecule has 7 heteroatoms. The van der Waals surface area contributed by atoms with Crippen LogP contribution in [0.5, 0.6) is 0 Å².